The van der Waals surface area contributed by atoms with Crippen molar-refractivity contribution >= 4 is 23.8 Å². The highest BCUT2D eigenvalue weighted by Crippen LogP contribution is 2.23. The molecule has 1 fully saturated rings. The van der Waals surface area contributed by atoms with Gasteiger partial charge in [-0.15, -0.1) is 0 Å². The summed E-state index contributed by atoms with van der Waals surface area (Å²) in [5.41, 5.74) is 0.874. The van der Waals surface area contributed by atoms with Crippen molar-refractivity contribution in [3.63, 3.8) is 0 Å². The largest absolute Gasteiger partial charge is 0.349 e. The smallest absolute Gasteiger partial charge is 0.229 e. The molecule has 2 unspecified atom stereocenters. The molecule has 1 aromatic carbocycles. The summed E-state index contributed by atoms with van der Waals surface area (Å²) < 4.78 is 5.38. The third-order valence-electron chi connectivity index (χ3n) is 3.51. The maximum absolute atomic E-state index is 12.4. The molecule has 20 heavy (non-hydrogen) atoms. The van der Waals surface area contributed by atoms with Crippen LogP contribution < -0.4 is 0 Å². The van der Waals surface area contributed by atoms with E-state index in [-0.39, 0.29) is 24.3 Å². The fourth-order valence-corrected chi connectivity index (χ4v) is 2.49. The Labute approximate surface area is 123 Å². The van der Waals surface area contributed by atoms with Gasteiger partial charge in [0.2, 0.25) is 5.91 Å². The number of benzene rings is 1. The number of halogens is 1. The maximum Gasteiger partial charge on any atom is 0.229 e. The quantitative estimate of drug-likeness (QED) is 0.801. The second-order valence-electron chi connectivity index (χ2n) is 5.28. The number of carbonyl (C=O) groups is 2. The van der Waals surface area contributed by atoms with Gasteiger partial charge in [0.1, 0.15) is 0 Å². The minimum absolute atomic E-state index is 0.0509. The summed E-state index contributed by atoms with van der Waals surface area (Å²) in [6.07, 6.45) is 0.165. The number of nitrogens with zero attached hydrogens (tertiary/aromatic N) is 1. The number of ether oxygens (including phenoxy) is 1. The first-order valence-electron chi connectivity index (χ1n) is 6.65. The molecule has 1 aliphatic rings. The van der Waals surface area contributed by atoms with Crippen LogP contribution in [0.3, 0.4) is 0 Å². The van der Waals surface area contributed by atoms with Gasteiger partial charge in [0.25, 0.3) is 0 Å². The average molecular weight is 296 g/mol. The molecule has 2 atom stereocenters. The molecule has 5 heteroatoms. The number of hydrogen-bond acceptors (Lipinski definition) is 3. The van der Waals surface area contributed by atoms with Crippen LogP contribution in [0, 0.1) is 5.92 Å². The first kappa shape index (κ1) is 15.0. The molecule has 0 spiro atoms. The van der Waals surface area contributed by atoms with Gasteiger partial charge in [-0.05, 0) is 23.6 Å². The van der Waals surface area contributed by atoms with Crippen molar-refractivity contribution in [1.29, 1.82) is 0 Å². The van der Waals surface area contributed by atoms with Gasteiger partial charge >= 0.3 is 0 Å². The minimum atomic E-state index is -0.762. The Morgan fingerprint density at radius 2 is 2.10 bits per heavy atom. The van der Waals surface area contributed by atoms with Crippen LogP contribution in [0.4, 0.5) is 0 Å². The van der Waals surface area contributed by atoms with E-state index >= 15 is 0 Å². The highest BCUT2D eigenvalue weighted by molar-refractivity contribution is 6.30. The molecule has 4 nitrogen and oxygen atoms in total. The Bertz CT molecular complexity index is 486. The standard InChI is InChI=1S/C15H18ClNO3/c1-10(2)13-9-20-15(8-18)17(13)14(19)7-11-3-5-12(16)6-4-11/h3-6,8,10,13,15H,7,9H2,1-2H3. The molecule has 1 aromatic rings. The third kappa shape index (κ3) is 3.19. The molecule has 1 aliphatic heterocycles. The predicted octanol–water partition coefficient (Wildman–Crippen LogP) is 2.29. The maximum atomic E-state index is 12.4. The topological polar surface area (TPSA) is 46.6 Å². The molecule has 108 valence electrons. The molecule has 0 radical (unpaired) electrons. The van der Waals surface area contributed by atoms with E-state index in [0.717, 1.165) is 5.56 Å². The first-order valence-corrected chi connectivity index (χ1v) is 7.03. The Morgan fingerprint density at radius 3 is 2.65 bits per heavy atom. The summed E-state index contributed by atoms with van der Waals surface area (Å²) in [5.74, 6) is 0.148. The number of aldehydes is 1. The molecule has 0 aliphatic carbocycles. The molecular formula is C15H18ClNO3. The third-order valence-corrected chi connectivity index (χ3v) is 3.76. The van der Waals surface area contributed by atoms with E-state index in [9.17, 15) is 9.59 Å². The zero-order valence-corrected chi connectivity index (χ0v) is 12.3. The van der Waals surface area contributed by atoms with Crippen LogP contribution in [0.25, 0.3) is 0 Å². The molecule has 0 saturated carbocycles. The minimum Gasteiger partial charge on any atom is -0.349 e. The highest BCUT2D eigenvalue weighted by Gasteiger charge is 2.38. The van der Waals surface area contributed by atoms with E-state index in [2.05, 4.69) is 0 Å². The molecule has 0 N–H and O–H groups in total. The summed E-state index contributed by atoms with van der Waals surface area (Å²) in [7, 11) is 0. The van der Waals surface area contributed by atoms with Gasteiger partial charge in [-0.25, -0.2) is 0 Å². The number of amides is 1. The van der Waals surface area contributed by atoms with Gasteiger partial charge in [0, 0.05) is 5.02 Å². The van der Waals surface area contributed by atoms with Gasteiger partial charge in [0.15, 0.2) is 12.5 Å². The summed E-state index contributed by atoms with van der Waals surface area (Å²) in [6, 6.07) is 7.09. The molecular weight excluding hydrogens is 278 g/mol. The number of hydrogen-bond donors (Lipinski definition) is 0. The van der Waals surface area contributed by atoms with Gasteiger partial charge in [0.05, 0.1) is 19.1 Å². The molecule has 1 saturated heterocycles. The summed E-state index contributed by atoms with van der Waals surface area (Å²) >= 11 is 5.82. The summed E-state index contributed by atoms with van der Waals surface area (Å²) in [4.78, 5) is 25.1. The van der Waals surface area contributed by atoms with E-state index in [1.54, 1.807) is 17.0 Å². The zero-order chi connectivity index (χ0) is 14.7. The Hall–Kier alpha value is -1.39. The Balaban J connectivity index is 2.12. The second kappa shape index (κ2) is 6.37. The lowest BCUT2D eigenvalue weighted by Crippen LogP contribution is -2.45. The Kier molecular flexibility index (Phi) is 4.78. The van der Waals surface area contributed by atoms with Gasteiger partial charge in [-0.1, -0.05) is 37.6 Å². The summed E-state index contributed by atoms with van der Waals surface area (Å²) in [6.45, 7) is 4.45. The zero-order valence-electron chi connectivity index (χ0n) is 11.6. The lowest BCUT2D eigenvalue weighted by Gasteiger charge is -2.28. The first-order chi connectivity index (χ1) is 9.52. The molecule has 1 heterocycles. The molecule has 2 rings (SSSR count). The highest BCUT2D eigenvalue weighted by atomic mass is 35.5. The average Bonchev–Trinajstić information content (AvgIpc) is 2.85. The van der Waals surface area contributed by atoms with E-state index < -0.39 is 6.23 Å². The van der Waals surface area contributed by atoms with Crippen molar-refractivity contribution in [3.05, 3.63) is 34.9 Å². The fraction of sp³-hybridized carbons (Fsp3) is 0.467. The molecule has 0 bridgehead atoms. The van der Waals surface area contributed by atoms with Crippen molar-refractivity contribution in [2.75, 3.05) is 6.61 Å². The normalized spacial score (nSPS) is 22.3. The van der Waals surface area contributed by atoms with Crippen molar-refractivity contribution in [2.45, 2.75) is 32.5 Å². The van der Waals surface area contributed by atoms with Crippen LogP contribution in [-0.4, -0.2) is 36.0 Å². The van der Waals surface area contributed by atoms with Gasteiger partial charge in [-0.3, -0.25) is 9.59 Å². The van der Waals surface area contributed by atoms with Crippen LogP contribution >= 0.6 is 11.6 Å². The number of carbonyl (C=O) groups excluding carboxylic acids is 2. The number of rotatable bonds is 4. The van der Waals surface area contributed by atoms with Crippen LogP contribution in [0.5, 0.6) is 0 Å². The lowest BCUT2D eigenvalue weighted by atomic mass is 10.0. The van der Waals surface area contributed by atoms with Crippen LogP contribution in [0.2, 0.25) is 5.02 Å². The van der Waals surface area contributed by atoms with Crippen molar-refractivity contribution in [2.24, 2.45) is 5.92 Å². The van der Waals surface area contributed by atoms with Crippen LogP contribution in [-0.2, 0) is 20.7 Å². The fourth-order valence-electron chi connectivity index (χ4n) is 2.36. The van der Waals surface area contributed by atoms with Crippen LogP contribution in [0.1, 0.15) is 19.4 Å². The molecule has 1 amide bonds. The second-order valence-corrected chi connectivity index (χ2v) is 5.71. The van der Waals surface area contributed by atoms with Gasteiger partial charge in [-0.2, -0.15) is 0 Å². The molecule has 0 aromatic heterocycles. The van der Waals surface area contributed by atoms with Crippen molar-refractivity contribution in [1.82, 2.24) is 4.90 Å². The van der Waals surface area contributed by atoms with E-state index in [4.69, 9.17) is 16.3 Å². The monoisotopic (exact) mass is 295 g/mol. The predicted molar refractivity (Wildman–Crippen MR) is 76.4 cm³/mol. The van der Waals surface area contributed by atoms with Gasteiger partial charge < -0.3 is 9.64 Å². The lowest BCUT2D eigenvalue weighted by molar-refractivity contribution is -0.142. The summed E-state index contributed by atoms with van der Waals surface area (Å²) in [5, 5.41) is 0.636. The van der Waals surface area contributed by atoms with Crippen LogP contribution in [0.15, 0.2) is 24.3 Å². The SMILES string of the molecule is CC(C)C1COC(C=O)N1C(=O)Cc1ccc(Cl)cc1. The van der Waals surface area contributed by atoms with Crippen molar-refractivity contribution < 1.29 is 14.3 Å². The Morgan fingerprint density at radius 1 is 1.45 bits per heavy atom. The van der Waals surface area contributed by atoms with E-state index in [1.165, 1.54) is 0 Å². The van der Waals surface area contributed by atoms with E-state index in [1.807, 2.05) is 26.0 Å². The van der Waals surface area contributed by atoms with Crippen molar-refractivity contribution in [3.8, 4) is 0 Å². The van der Waals surface area contributed by atoms with E-state index in [0.29, 0.717) is 17.9 Å².